The normalized spacial score (nSPS) is 18.5. The second-order valence-electron chi connectivity index (χ2n) is 5.95. The van der Waals surface area contributed by atoms with Crippen LogP contribution < -0.4 is 0 Å². The van der Waals surface area contributed by atoms with Crippen LogP contribution in [-0.2, 0) is 13.0 Å². The van der Waals surface area contributed by atoms with Crippen LogP contribution in [-0.4, -0.2) is 27.6 Å². The number of benzene rings is 1. The van der Waals surface area contributed by atoms with Crippen molar-refractivity contribution in [3.05, 3.63) is 59.3 Å². The number of likely N-dealkylation sites (tertiary alicyclic amines) is 1. The average molecular weight is 325 g/mol. The maximum absolute atomic E-state index is 5.45. The summed E-state index contributed by atoms with van der Waals surface area (Å²) >= 11 is 1.64. The fraction of sp³-hybridized carbons (Fsp3) is 0.333. The summed E-state index contributed by atoms with van der Waals surface area (Å²) in [5, 5.41) is 6.14. The topological polar surface area (TPSA) is 42.2 Å². The second-order valence-corrected chi connectivity index (χ2v) is 6.89. The van der Waals surface area contributed by atoms with Gasteiger partial charge in [0, 0.05) is 6.04 Å². The van der Waals surface area contributed by atoms with E-state index in [1.165, 1.54) is 18.4 Å². The monoisotopic (exact) mass is 325 g/mol. The van der Waals surface area contributed by atoms with Gasteiger partial charge in [0.2, 0.25) is 11.7 Å². The molecule has 1 aliphatic rings. The third-order valence-corrected chi connectivity index (χ3v) is 5.23. The molecule has 0 saturated carbocycles. The molecule has 4 nitrogen and oxygen atoms in total. The summed E-state index contributed by atoms with van der Waals surface area (Å²) in [6.07, 6.45) is 3.57. The largest absolute Gasteiger partial charge is 0.338 e. The van der Waals surface area contributed by atoms with Crippen LogP contribution in [0.3, 0.4) is 0 Å². The van der Waals surface area contributed by atoms with E-state index in [1.54, 1.807) is 11.3 Å². The lowest BCUT2D eigenvalue weighted by Gasteiger charge is -2.22. The van der Waals surface area contributed by atoms with E-state index in [1.807, 2.05) is 17.5 Å². The van der Waals surface area contributed by atoms with Crippen LogP contribution in [0, 0.1) is 0 Å². The van der Waals surface area contributed by atoms with Gasteiger partial charge in [-0.2, -0.15) is 4.98 Å². The molecule has 0 aliphatic carbocycles. The summed E-state index contributed by atoms with van der Waals surface area (Å²) in [7, 11) is 0. The molecule has 23 heavy (non-hydrogen) atoms. The number of hydrogen-bond donors (Lipinski definition) is 0. The molecule has 3 heterocycles. The Morgan fingerprint density at radius 1 is 1.17 bits per heavy atom. The molecule has 1 fully saturated rings. The second kappa shape index (κ2) is 6.64. The van der Waals surface area contributed by atoms with Crippen LogP contribution in [0.15, 0.2) is 52.4 Å². The van der Waals surface area contributed by atoms with Crippen LogP contribution in [0.2, 0.25) is 0 Å². The summed E-state index contributed by atoms with van der Waals surface area (Å²) in [5.41, 5.74) is 1.40. The molecule has 0 amide bonds. The average Bonchev–Trinajstić information content (AvgIpc) is 3.31. The third kappa shape index (κ3) is 3.35. The van der Waals surface area contributed by atoms with Crippen LogP contribution in [0.4, 0.5) is 0 Å². The first-order chi connectivity index (χ1) is 11.4. The first kappa shape index (κ1) is 14.6. The van der Waals surface area contributed by atoms with Crippen molar-refractivity contribution in [2.45, 2.75) is 31.8 Å². The Kier molecular flexibility index (Phi) is 4.22. The van der Waals surface area contributed by atoms with Gasteiger partial charge < -0.3 is 4.52 Å². The van der Waals surface area contributed by atoms with Gasteiger partial charge in [0.15, 0.2) is 0 Å². The van der Waals surface area contributed by atoms with Crippen molar-refractivity contribution in [3.8, 4) is 10.7 Å². The van der Waals surface area contributed by atoms with E-state index in [0.29, 0.717) is 17.8 Å². The zero-order valence-electron chi connectivity index (χ0n) is 12.9. The minimum Gasteiger partial charge on any atom is -0.338 e. The van der Waals surface area contributed by atoms with E-state index < -0.39 is 0 Å². The quantitative estimate of drug-likeness (QED) is 0.711. The summed E-state index contributed by atoms with van der Waals surface area (Å²) in [6.45, 7) is 1.85. The van der Waals surface area contributed by atoms with Gasteiger partial charge in [-0.15, -0.1) is 11.3 Å². The van der Waals surface area contributed by atoms with Gasteiger partial charge in [0.25, 0.3) is 0 Å². The van der Waals surface area contributed by atoms with Crippen molar-refractivity contribution >= 4 is 11.3 Å². The summed E-state index contributed by atoms with van der Waals surface area (Å²) in [4.78, 5) is 8.08. The fourth-order valence-electron chi connectivity index (χ4n) is 3.22. The summed E-state index contributed by atoms with van der Waals surface area (Å²) < 4.78 is 5.45. The molecule has 118 valence electrons. The van der Waals surface area contributed by atoms with E-state index >= 15 is 0 Å². The molecule has 1 aromatic carbocycles. The number of hydrogen-bond acceptors (Lipinski definition) is 5. The van der Waals surface area contributed by atoms with Gasteiger partial charge in [0.05, 0.1) is 11.4 Å². The van der Waals surface area contributed by atoms with Gasteiger partial charge in [-0.1, -0.05) is 41.6 Å². The van der Waals surface area contributed by atoms with Crippen molar-refractivity contribution < 1.29 is 4.52 Å². The van der Waals surface area contributed by atoms with E-state index in [4.69, 9.17) is 4.52 Å². The smallest absolute Gasteiger partial charge is 0.241 e. The van der Waals surface area contributed by atoms with E-state index in [9.17, 15) is 0 Å². The fourth-order valence-corrected chi connectivity index (χ4v) is 3.87. The van der Waals surface area contributed by atoms with E-state index in [2.05, 4.69) is 45.4 Å². The first-order valence-corrected chi connectivity index (χ1v) is 8.91. The Morgan fingerprint density at radius 3 is 2.91 bits per heavy atom. The van der Waals surface area contributed by atoms with Crippen LogP contribution >= 0.6 is 11.3 Å². The predicted molar refractivity (Wildman–Crippen MR) is 91.2 cm³/mol. The number of nitrogens with zero attached hydrogens (tertiary/aromatic N) is 3. The maximum atomic E-state index is 5.45. The highest BCUT2D eigenvalue weighted by molar-refractivity contribution is 7.13. The molecule has 1 atom stereocenters. The first-order valence-electron chi connectivity index (χ1n) is 8.03. The van der Waals surface area contributed by atoms with Gasteiger partial charge >= 0.3 is 0 Å². The summed E-state index contributed by atoms with van der Waals surface area (Å²) in [5.74, 6) is 1.42. The SMILES string of the molecule is c1ccc(C[C@H]2CCCN2Cc2nc(-c3cccs3)no2)cc1. The highest BCUT2D eigenvalue weighted by atomic mass is 32.1. The lowest BCUT2D eigenvalue weighted by molar-refractivity contribution is 0.210. The molecule has 0 unspecified atom stereocenters. The molecular formula is C18H19N3OS. The van der Waals surface area contributed by atoms with Crippen LogP contribution in [0.1, 0.15) is 24.3 Å². The van der Waals surface area contributed by atoms with Crippen molar-refractivity contribution in [3.63, 3.8) is 0 Å². The molecule has 0 radical (unpaired) electrons. The molecule has 3 aromatic rings. The summed E-state index contributed by atoms with van der Waals surface area (Å²) in [6, 6.07) is 15.3. The number of rotatable bonds is 5. The van der Waals surface area contributed by atoms with Gasteiger partial charge in [-0.25, -0.2) is 0 Å². The molecular weight excluding hydrogens is 306 g/mol. The molecule has 2 aromatic heterocycles. The van der Waals surface area contributed by atoms with E-state index in [-0.39, 0.29) is 0 Å². The standard InChI is InChI=1S/C18H19N3OS/c1-2-6-14(7-3-1)12-15-8-4-10-21(15)13-17-19-18(20-22-17)16-9-5-11-23-16/h1-3,5-7,9,11,15H,4,8,10,12-13H2/t15-/m1/s1. The molecule has 1 saturated heterocycles. The number of aromatic nitrogens is 2. The van der Waals surface area contributed by atoms with Crippen molar-refractivity contribution in [1.82, 2.24) is 15.0 Å². The Balaban J connectivity index is 1.43. The molecule has 0 N–H and O–H groups in total. The Hall–Kier alpha value is -1.98. The van der Waals surface area contributed by atoms with Gasteiger partial charge in [0.1, 0.15) is 0 Å². The molecule has 4 rings (SSSR count). The Morgan fingerprint density at radius 2 is 2.09 bits per heavy atom. The Bertz CT molecular complexity index is 739. The van der Waals surface area contributed by atoms with Crippen molar-refractivity contribution in [1.29, 1.82) is 0 Å². The van der Waals surface area contributed by atoms with Crippen LogP contribution in [0.5, 0.6) is 0 Å². The van der Waals surface area contributed by atoms with Gasteiger partial charge in [-0.05, 0) is 42.8 Å². The van der Waals surface area contributed by atoms with E-state index in [0.717, 1.165) is 24.4 Å². The zero-order chi connectivity index (χ0) is 15.5. The van der Waals surface area contributed by atoms with Crippen molar-refractivity contribution in [2.24, 2.45) is 0 Å². The lowest BCUT2D eigenvalue weighted by atomic mass is 10.0. The minimum atomic E-state index is 0.564. The van der Waals surface area contributed by atoms with Crippen LogP contribution in [0.25, 0.3) is 10.7 Å². The Labute approximate surface area is 139 Å². The minimum absolute atomic E-state index is 0.564. The maximum Gasteiger partial charge on any atom is 0.241 e. The number of thiophene rings is 1. The molecule has 0 spiro atoms. The third-order valence-electron chi connectivity index (χ3n) is 4.36. The van der Waals surface area contributed by atoms with Gasteiger partial charge in [-0.3, -0.25) is 4.90 Å². The molecule has 1 aliphatic heterocycles. The molecule has 0 bridgehead atoms. The predicted octanol–water partition coefficient (Wildman–Crippen LogP) is 4.01. The lowest BCUT2D eigenvalue weighted by Crippen LogP contribution is -2.30. The molecule has 5 heteroatoms. The highest BCUT2D eigenvalue weighted by Gasteiger charge is 2.26. The highest BCUT2D eigenvalue weighted by Crippen LogP contribution is 2.25. The zero-order valence-corrected chi connectivity index (χ0v) is 13.7. The van der Waals surface area contributed by atoms with Crippen molar-refractivity contribution in [2.75, 3.05) is 6.54 Å².